The number of carbonyl (C=O) groups is 1. The second-order valence-corrected chi connectivity index (χ2v) is 5.25. The van der Waals surface area contributed by atoms with Crippen LogP contribution >= 0.6 is 0 Å². The number of non-ortho nitro benzene ring substituents is 1. The number of nitro benzene ring substituents is 1. The summed E-state index contributed by atoms with van der Waals surface area (Å²) in [6, 6.07) is 3.63. The van der Waals surface area contributed by atoms with Gasteiger partial charge in [-0.05, 0) is 19.9 Å². The Morgan fingerprint density at radius 3 is 2.87 bits per heavy atom. The van der Waals surface area contributed by atoms with Crippen LogP contribution in [-0.2, 0) is 4.74 Å². The summed E-state index contributed by atoms with van der Waals surface area (Å²) in [6.45, 7) is 3.74. The molecule has 0 N–H and O–H groups in total. The first-order valence-electron chi connectivity index (χ1n) is 7.11. The third kappa shape index (κ3) is 2.32. The number of pyridine rings is 1. The Morgan fingerprint density at radius 2 is 2.22 bits per heavy atom. The molecule has 1 aliphatic heterocycles. The summed E-state index contributed by atoms with van der Waals surface area (Å²) in [5.41, 5.74) is -0.337. The first kappa shape index (κ1) is 15.0. The molecule has 8 heteroatoms. The van der Waals surface area contributed by atoms with Crippen molar-refractivity contribution in [3.05, 3.63) is 44.2 Å². The third-order valence-electron chi connectivity index (χ3n) is 3.71. The number of hydrogen-bond acceptors (Lipinski definition) is 6. The van der Waals surface area contributed by atoms with Crippen molar-refractivity contribution >= 4 is 22.6 Å². The van der Waals surface area contributed by atoms with Crippen LogP contribution in [0.5, 0.6) is 5.75 Å². The maximum Gasteiger partial charge on any atom is 0.343 e. The number of benzene rings is 1. The summed E-state index contributed by atoms with van der Waals surface area (Å²) in [5, 5.41) is 11.5. The molecule has 0 bridgehead atoms. The number of nitro groups is 1. The largest absolute Gasteiger partial charge is 0.489 e. The highest BCUT2D eigenvalue weighted by atomic mass is 16.6. The lowest BCUT2D eigenvalue weighted by molar-refractivity contribution is -0.384. The van der Waals surface area contributed by atoms with Crippen molar-refractivity contribution in [2.24, 2.45) is 0 Å². The molecule has 0 saturated heterocycles. The quantitative estimate of drug-likeness (QED) is 0.487. The van der Waals surface area contributed by atoms with Gasteiger partial charge in [0.2, 0.25) is 0 Å². The number of aromatic nitrogens is 1. The Hall–Kier alpha value is -2.90. The van der Waals surface area contributed by atoms with E-state index in [9.17, 15) is 19.7 Å². The van der Waals surface area contributed by atoms with Crippen molar-refractivity contribution < 1.29 is 19.2 Å². The van der Waals surface area contributed by atoms with E-state index in [1.165, 1.54) is 22.8 Å². The van der Waals surface area contributed by atoms with Gasteiger partial charge in [-0.3, -0.25) is 19.5 Å². The number of esters is 1. The molecule has 2 heterocycles. The van der Waals surface area contributed by atoms with Gasteiger partial charge in [-0.1, -0.05) is 0 Å². The summed E-state index contributed by atoms with van der Waals surface area (Å²) in [7, 11) is 0. The van der Waals surface area contributed by atoms with E-state index >= 15 is 0 Å². The van der Waals surface area contributed by atoms with Gasteiger partial charge in [0.25, 0.3) is 11.2 Å². The van der Waals surface area contributed by atoms with Gasteiger partial charge in [0, 0.05) is 11.5 Å². The van der Waals surface area contributed by atoms with Gasteiger partial charge in [-0.25, -0.2) is 4.79 Å². The van der Waals surface area contributed by atoms with E-state index in [4.69, 9.17) is 9.47 Å². The normalized spacial score (nSPS) is 16.0. The van der Waals surface area contributed by atoms with Gasteiger partial charge in [-0.15, -0.1) is 0 Å². The Morgan fingerprint density at radius 1 is 1.48 bits per heavy atom. The predicted molar refractivity (Wildman–Crippen MR) is 81.0 cm³/mol. The molecule has 2 aromatic rings. The van der Waals surface area contributed by atoms with Crippen LogP contribution in [0, 0.1) is 10.1 Å². The summed E-state index contributed by atoms with van der Waals surface area (Å²) in [6.07, 6.45) is 0. The molecule has 0 radical (unpaired) electrons. The van der Waals surface area contributed by atoms with Crippen molar-refractivity contribution in [2.75, 3.05) is 13.2 Å². The molecule has 1 atom stereocenters. The fourth-order valence-corrected chi connectivity index (χ4v) is 2.71. The highest BCUT2D eigenvalue weighted by molar-refractivity contribution is 5.96. The Labute approximate surface area is 130 Å². The number of hydrogen-bond donors (Lipinski definition) is 0. The monoisotopic (exact) mass is 318 g/mol. The molecule has 0 amide bonds. The fourth-order valence-electron chi connectivity index (χ4n) is 2.71. The molecule has 0 fully saturated rings. The zero-order chi connectivity index (χ0) is 16.7. The minimum atomic E-state index is -0.741. The summed E-state index contributed by atoms with van der Waals surface area (Å²) >= 11 is 0. The molecule has 3 rings (SSSR count). The van der Waals surface area contributed by atoms with E-state index in [2.05, 4.69) is 0 Å². The molecule has 1 aliphatic rings. The summed E-state index contributed by atoms with van der Waals surface area (Å²) in [5.74, 6) is -0.477. The van der Waals surface area contributed by atoms with Crippen LogP contribution in [-0.4, -0.2) is 28.7 Å². The van der Waals surface area contributed by atoms with E-state index in [1.807, 2.05) is 0 Å². The van der Waals surface area contributed by atoms with Crippen LogP contribution in [0.15, 0.2) is 23.0 Å². The number of ether oxygens (including phenoxy) is 2. The Bertz CT molecular complexity index is 886. The van der Waals surface area contributed by atoms with Crippen molar-refractivity contribution in [2.45, 2.75) is 19.9 Å². The van der Waals surface area contributed by atoms with Crippen LogP contribution < -0.4 is 10.3 Å². The molecule has 23 heavy (non-hydrogen) atoms. The topological polar surface area (TPSA) is 101 Å². The molecule has 1 aromatic carbocycles. The second-order valence-electron chi connectivity index (χ2n) is 5.25. The lowest BCUT2D eigenvalue weighted by atomic mass is 10.1. The summed E-state index contributed by atoms with van der Waals surface area (Å²) < 4.78 is 11.9. The van der Waals surface area contributed by atoms with E-state index in [-0.39, 0.29) is 36.3 Å². The van der Waals surface area contributed by atoms with Gasteiger partial charge in [0.1, 0.15) is 12.2 Å². The Kier molecular flexibility index (Phi) is 3.51. The minimum Gasteiger partial charge on any atom is -0.489 e. The standard InChI is InChI=1S/C15H14N2O6/c1-3-22-15(19)11-5-9-4-10(17(20)21)6-12-13(9)16(14(11)18)8(2)7-23-12/h4-6,8H,3,7H2,1-2H3. The average Bonchev–Trinajstić information content (AvgIpc) is 2.51. The molecule has 0 saturated carbocycles. The molecular formula is C15H14N2O6. The molecule has 1 unspecified atom stereocenters. The molecule has 0 spiro atoms. The highest BCUT2D eigenvalue weighted by Crippen LogP contribution is 2.35. The van der Waals surface area contributed by atoms with E-state index in [0.717, 1.165) is 0 Å². The van der Waals surface area contributed by atoms with Crippen molar-refractivity contribution in [1.29, 1.82) is 0 Å². The fraction of sp³-hybridized carbons (Fsp3) is 0.333. The highest BCUT2D eigenvalue weighted by Gasteiger charge is 2.27. The minimum absolute atomic E-state index is 0.134. The first-order chi connectivity index (χ1) is 10.9. The van der Waals surface area contributed by atoms with E-state index in [0.29, 0.717) is 10.9 Å². The zero-order valence-electron chi connectivity index (χ0n) is 12.6. The maximum absolute atomic E-state index is 12.6. The lowest BCUT2D eigenvalue weighted by Crippen LogP contribution is -2.34. The molecular weight excluding hydrogens is 304 g/mol. The van der Waals surface area contributed by atoms with Crippen LogP contribution in [0.4, 0.5) is 5.69 Å². The third-order valence-corrected chi connectivity index (χ3v) is 3.71. The molecule has 120 valence electrons. The Balaban J connectivity index is 2.38. The van der Waals surface area contributed by atoms with Crippen molar-refractivity contribution in [3.8, 4) is 5.75 Å². The van der Waals surface area contributed by atoms with Gasteiger partial charge < -0.3 is 9.47 Å². The lowest BCUT2D eigenvalue weighted by Gasteiger charge is -2.26. The average molecular weight is 318 g/mol. The zero-order valence-corrected chi connectivity index (χ0v) is 12.6. The van der Waals surface area contributed by atoms with Gasteiger partial charge in [0.05, 0.1) is 29.2 Å². The van der Waals surface area contributed by atoms with Crippen LogP contribution in [0.25, 0.3) is 10.9 Å². The maximum atomic E-state index is 12.6. The van der Waals surface area contributed by atoms with Gasteiger partial charge in [-0.2, -0.15) is 0 Å². The SMILES string of the molecule is CCOC(=O)c1cc2cc([N+](=O)[O-])cc3c2n(c1=O)C(C)CO3. The number of carbonyl (C=O) groups excluding carboxylic acids is 1. The van der Waals surface area contributed by atoms with Gasteiger partial charge >= 0.3 is 5.97 Å². The summed E-state index contributed by atoms with van der Waals surface area (Å²) in [4.78, 5) is 35.1. The van der Waals surface area contributed by atoms with Crippen LogP contribution in [0.1, 0.15) is 30.2 Å². The van der Waals surface area contributed by atoms with Crippen molar-refractivity contribution in [1.82, 2.24) is 4.57 Å². The molecule has 1 aromatic heterocycles. The van der Waals surface area contributed by atoms with Crippen molar-refractivity contribution in [3.63, 3.8) is 0 Å². The van der Waals surface area contributed by atoms with E-state index in [1.54, 1.807) is 13.8 Å². The molecule has 0 aliphatic carbocycles. The van der Waals surface area contributed by atoms with Crippen LogP contribution in [0.3, 0.4) is 0 Å². The second kappa shape index (κ2) is 5.38. The van der Waals surface area contributed by atoms with Gasteiger partial charge in [0.15, 0.2) is 5.75 Å². The number of rotatable bonds is 3. The number of nitrogens with zero attached hydrogens (tertiary/aromatic N) is 2. The van der Waals surface area contributed by atoms with Crippen LogP contribution in [0.2, 0.25) is 0 Å². The smallest absolute Gasteiger partial charge is 0.343 e. The van der Waals surface area contributed by atoms with E-state index < -0.39 is 16.5 Å². The molecule has 8 nitrogen and oxygen atoms in total. The predicted octanol–water partition coefficient (Wildman–Crippen LogP) is 2.04. The first-order valence-corrected chi connectivity index (χ1v) is 7.11.